The van der Waals surface area contributed by atoms with Gasteiger partial charge in [-0.05, 0) is 40.2 Å². The Labute approximate surface area is 110 Å². The number of aromatic nitrogens is 2. The van der Waals surface area contributed by atoms with Crippen LogP contribution >= 0.6 is 15.9 Å². The van der Waals surface area contributed by atoms with Crippen LogP contribution in [0.15, 0.2) is 47.2 Å². The molecule has 0 aliphatic rings. The average molecular weight is 309 g/mol. The van der Waals surface area contributed by atoms with E-state index in [1.165, 1.54) is 12.1 Å². The smallest absolute Gasteiger partial charge is 0.137 e. The van der Waals surface area contributed by atoms with Gasteiger partial charge in [0.2, 0.25) is 0 Å². The van der Waals surface area contributed by atoms with E-state index in [0.29, 0.717) is 11.3 Å². The van der Waals surface area contributed by atoms with Gasteiger partial charge in [0.15, 0.2) is 0 Å². The molecule has 3 aromatic rings. The van der Waals surface area contributed by atoms with Crippen LogP contribution in [0.2, 0.25) is 0 Å². The number of halogens is 3. The molecule has 0 bridgehead atoms. The van der Waals surface area contributed by atoms with Crippen LogP contribution in [0.4, 0.5) is 8.78 Å². The standard InChI is InChI=1S/C13H7BrF2N2/c14-9-1-2-13-17-12(7-18(13)6-9)8-3-10(15)5-11(16)4-8/h1-7H. The van der Waals surface area contributed by atoms with E-state index in [1.54, 1.807) is 10.6 Å². The topological polar surface area (TPSA) is 17.3 Å². The van der Waals surface area contributed by atoms with Crippen molar-refractivity contribution < 1.29 is 8.78 Å². The number of fused-ring (bicyclic) bond motifs is 1. The number of rotatable bonds is 1. The summed E-state index contributed by atoms with van der Waals surface area (Å²) in [7, 11) is 0. The van der Waals surface area contributed by atoms with E-state index in [0.717, 1.165) is 16.2 Å². The molecule has 0 atom stereocenters. The summed E-state index contributed by atoms with van der Waals surface area (Å²) in [6.45, 7) is 0. The van der Waals surface area contributed by atoms with Gasteiger partial charge in [-0.2, -0.15) is 0 Å². The zero-order chi connectivity index (χ0) is 12.7. The Hall–Kier alpha value is -1.75. The van der Waals surface area contributed by atoms with Gasteiger partial charge in [-0.25, -0.2) is 13.8 Å². The molecule has 1 aromatic carbocycles. The lowest BCUT2D eigenvalue weighted by Gasteiger charge is -1.97. The van der Waals surface area contributed by atoms with Gasteiger partial charge in [0.1, 0.15) is 17.3 Å². The molecule has 3 rings (SSSR count). The van der Waals surface area contributed by atoms with Crippen LogP contribution < -0.4 is 0 Å². The van der Waals surface area contributed by atoms with Gasteiger partial charge in [0, 0.05) is 28.5 Å². The molecule has 2 aromatic heterocycles. The molecule has 2 heterocycles. The second-order valence-electron chi connectivity index (χ2n) is 3.90. The third-order valence-corrected chi connectivity index (χ3v) is 3.04. The predicted octanol–water partition coefficient (Wildman–Crippen LogP) is 4.04. The SMILES string of the molecule is Fc1cc(F)cc(-c2cn3cc(Br)ccc3n2)c1. The highest BCUT2D eigenvalue weighted by Crippen LogP contribution is 2.22. The normalized spacial score (nSPS) is 11.1. The Morgan fingerprint density at radius 3 is 2.44 bits per heavy atom. The monoisotopic (exact) mass is 308 g/mol. The third-order valence-electron chi connectivity index (χ3n) is 2.57. The molecule has 2 nitrogen and oxygen atoms in total. The molecule has 0 radical (unpaired) electrons. The van der Waals surface area contributed by atoms with Crippen molar-refractivity contribution in [2.75, 3.05) is 0 Å². The highest BCUT2D eigenvalue weighted by molar-refractivity contribution is 9.10. The summed E-state index contributed by atoms with van der Waals surface area (Å²) >= 11 is 3.35. The van der Waals surface area contributed by atoms with Crippen LogP contribution in [-0.4, -0.2) is 9.38 Å². The molecule has 0 fully saturated rings. The molecule has 0 aliphatic heterocycles. The number of benzene rings is 1. The number of hydrogen-bond donors (Lipinski definition) is 0. The molecule has 0 aliphatic carbocycles. The van der Waals surface area contributed by atoms with Gasteiger partial charge in [-0.3, -0.25) is 0 Å². The highest BCUT2D eigenvalue weighted by Gasteiger charge is 2.07. The summed E-state index contributed by atoms with van der Waals surface area (Å²) in [4.78, 5) is 4.32. The van der Waals surface area contributed by atoms with E-state index in [-0.39, 0.29) is 0 Å². The van der Waals surface area contributed by atoms with Crippen molar-refractivity contribution in [3.05, 3.63) is 58.8 Å². The fourth-order valence-corrected chi connectivity index (χ4v) is 2.16. The van der Waals surface area contributed by atoms with Crippen molar-refractivity contribution in [1.82, 2.24) is 9.38 Å². The quantitative estimate of drug-likeness (QED) is 0.663. The van der Waals surface area contributed by atoms with Crippen LogP contribution in [0.1, 0.15) is 0 Å². The van der Waals surface area contributed by atoms with Crippen LogP contribution in [0.25, 0.3) is 16.9 Å². The first-order valence-corrected chi connectivity index (χ1v) is 6.02. The molecule has 0 saturated heterocycles. The molecule has 5 heteroatoms. The van der Waals surface area contributed by atoms with Crippen molar-refractivity contribution in [2.24, 2.45) is 0 Å². The van der Waals surface area contributed by atoms with Crippen molar-refractivity contribution in [2.45, 2.75) is 0 Å². The van der Waals surface area contributed by atoms with Crippen molar-refractivity contribution >= 4 is 21.6 Å². The fraction of sp³-hybridized carbons (Fsp3) is 0. The van der Waals surface area contributed by atoms with Crippen molar-refractivity contribution in [1.29, 1.82) is 0 Å². The molecule has 0 spiro atoms. The maximum absolute atomic E-state index is 13.2. The summed E-state index contributed by atoms with van der Waals surface area (Å²) in [5, 5.41) is 0. The lowest BCUT2D eigenvalue weighted by molar-refractivity contribution is 0.584. The minimum absolute atomic E-state index is 0.423. The number of pyridine rings is 1. The third kappa shape index (κ3) is 2.01. The van der Waals surface area contributed by atoms with E-state index < -0.39 is 11.6 Å². The minimum atomic E-state index is -0.608. The Morgan fingerprint density at radius 2 is 1.72 bits per heavy atom. The highest BCUT2D eigenvalue weighted by atomic mass is 79.9. The molecule has 90 valence electrons. The van der Waals surface area contributed by atoms with Crippen LogP contribution in [-0.2, 0) is 0 Å². The summed E-state index contributed by atoms with van der Waals surface area (Å²) in [6, 6.07) is 7.05. The van der Waals surface area contributed by atoms with E-state index in [1.807, 2.05) is 18.3 Å². The van der Waals surface area contributed by atoms with Gasteiger partial charge in [-0.1, -0.05) is 0 Å². The maximum Gasteiger partial charge on any atom is 0.137 e. The summed E-state index contributed by atoms with van der Waals surface area (Å²) in [6.07, 6.45) is 3.57. The van der Waals surface area contributed by atoms with E-state index in [4.69, 9.17) is 0 Å². The van der Waals surface area contributed by atoms with Crippen molar-refractivity contribution in [3.63, 3.8) is 0 Å². The Kier molecular flexibility index (Phi) is 2.63. The lowest BCUT2D eigenvalue weighted by Crippen LogP contribution is -1.83. The zero-order valence-corrected chi connectivity index (χ0v) is 10.7. The molecule has 0 N–H and O–H groups in total. The van der Waals surface area contributed by atoms with Crippen LogP contribution in [0.5, 0.6) is 0 Å². The van der Waals surface area contributed by atoms with Crippen molar-refractivity contribution in [3.8, 4) is 11.3 Å². The van der Waals surface area contributed by atoms with Crippen LogP contribution in [0, 0.1) is 11.6 Å². The fourth-order valence-electron chi connectivity index (χ4n) is 1.81. The average Bonchev–Trinajstić information content (AvgIpc) is 2.70. The maximum atomic E-state index is 13.2. The minimum Gasteiger partial charge on any atom is -0.305 e. The largest absolute Gasteiger partial charge is 0.305 e. The molecule has 18 heavy (non-hydrogen) atoms. The van der Waals surface area contributed by atoms with E-state index in [9.17, 15) is 8.78 Å². The first-order chi connectivity index (χ1) is 8.61. The molecule has 0 saturated carbocycles. The lowest BCUT2D eigenvalue weighted by atomic mass is 10.1. The first kappa shape index (κ1) is 11.3. The van der Waals surface area contributed by atoms with Gasteiger partial charge in [-0.15, -0.1) is 0 Å². The van der Waals surface area contributed by atoms with E-state index in [2.05, 4.69) is 20.9 Å². The van der Waals surface area contributed by atoms with Crippen LogP contribution in [0.3, 0.4) is 0 Å². The zero-order valence-electron chi connectivity index (χ0n) is 9.07. The molecule has 0 amide bonds. The Balaban J connectivity index is 2.19. The Morgan fingerprint density at radius 1 is 1.00 bits per heavy atom. The molecular formula is C13H7BrF2N2. The summed E-state index contributed by atoms with van der Waals surface area (Å²) in [5.74, 6) is -1.22. The van der Waals surface area contributed by atoms with Gasteiger partial charge < -0.3 is 4.40 Å². The summed E-state index contributed by atoms with van der Waals surface area (Å²) in [5.41, 5.74) is 1.68. The van der Waals surface area contributed by atoms with Gasteiger partial charge >= 0.3 is 0 Å². The Bertz CT molecular complexity index is 717. The van der Waals surface area contributed by atoms with Gasteiger partial charge in [0.05, 0.1) is 5.69 Å². The van der Waals surface area contributed by atoms with E-state index >= 15 is 0 Å². The molecular weight excluding hydrogens is 302 g/mol. The number of imidazole rings is 1. The second-order valence-corrected chi connectivity index (χ2v) is 4.81. The summed E-state index contributed by atoms with van der Waals surface area (Å²) < 4.78 is 29.0. The molecule has 0 unspecified atom stereocenters. The van der Waals surface area contributed by atoms with Gasteiger partial charge in [0.25, 0.3) is 0 Å². The number of hydrogen-bond acceptors (Lipinski definition) is 1. The number of nitrogens with zero attached hydrogens (tertiary/aromatic N) is 2. The second kappa shape index (κ2) is 4.17. The first-order valence-electron chi connectivity index (χ1n) is 5.22. The predicted molar refractivity (Wildman–Crippen MR) is 68.2 cm³/mol.